The molecule has 0 aliphatic rings. The first kappa shape index (κ1) is 15.2. The van der Waals surface area contributed by atoms with Gasteiger partial charge in [0.1, 0.15) is 0 Å². The predicted octanol–water partition coefficient (Wildman–Crippen LogP) is 2.72. The SMILES string of the molecule is COc1nsnc1Nc1cccc(-c2csc(NC(=N)N)n2)c1. The Morgan fingerprint density at radius 3 is 3.00 bits per heavy atom. The van der Waals surface area contributed by atoms with Gasteiger partial charge in [-0.3, -0.25) is 5.41 Å². The van der Waals surface area contributed by atoms with Crippen LogP contribution in [0.25, 0.3) is 11.3 Å². The second-order valence-electron chi connectivity index (χ2n) is 4.40. The fourth-order valence-electron chi connectivity index (χ4n) is 1.86. The summed E-state index contributed by atoms with van der Waals surface area (Å²) in [4.78, 5) is 4.40. The van der Waals surface area contributed by atoms with Gasteiger partial charge in [-0.2, -0.15) is 4.37 Å². The number of rotatable bonds is 5. The number of nitrogens with one attached hydrogen (secondary N) is 3. The Bertz CT molecular complexity index is 829. The van der Waals surface area contributed by atoms with Crippen LogP contribution in [-0.2, 0) is 0 Å². The smallest absolute Gasteiger partial charge is 0.270 e. The van der Waals surface area contributed by atoms with Gasteiger partial charge in [0.05, 0.1) is 24.5 Å². The average Bonchev–Trinajstić information content (AvgIpc) is 3.16. The van der Waals surface area contributed by atoms with Gasteiger partial charge in [-0.05, 0) is 12.1 Å². The molecule has 0 bridgehead atoms. The first-order valence-corrected chi connectivity index (χ1v) is 8.07. The van der Waals surface area contributed by atoms with Crippen LogP contribution in [0.2, 0.25) is 0 Å². The van der Waals surface area contributed by atoms with Gasteiger partial charge in [-0.15, -0.1) is 15.7 Å². The molecule has 5 N–H and O–H groups in total. The molecule has 10 heteroatoms. The number of thiazole rings is 1. The summed E-state index contributed by atoms with van der Waals surface area (Å²) < 4.78 is 13.3. The fourth-order valence-corrected chi connectivity index (χ4v) is 3.08. The van der Waals surface area contributed by atoms with Crippen LogP contribution in [0.3, 0.4) is 0 Å². The molecule has 0 aliphatic carbocycles. The van der Waals surface area contributed by atoms with Crippen LogP contribution in [0.1, 0.15) is 0 Å². The molecule has 0 radical (unpaired) electrons. The Morgan fingerprint density at radius 2 is 2.22 bits per heavy atom. The summed E-state index contributed by atoms with van der Waals surface area (Å²) in [5.74, 6) is 0.901. The topological polar surface area (TPSA) is 122 Å². The normalized spacial score (nSPS) is 10.3. The highest BCUT2D eigenvalue weighted by Gasteiger charge is 2.10. The molecule has 3 rings (SSSR count). The van der Waals surface area contributed by atoms with Crippen molar-refractivity contribution in [1.82, 2.24) is 13.7 Å². The van der Waals surface area contributed by atoms with E-state index in [4.69, 9.17) is 15.9 Å². The molecule has 0 aliphatic heterocycles. The van der Waals surface area contributed by atoms with Crippen molar-refractivity contribution < 1.29 is 4.74 Å². The van der Waals surface area contributed by atoms with E-state index < -0.39 is 0 Å². The Morgan fingerprint density at radius 1 is 1.35 bits per heavy atom. The van der Waals surface area contributed by atoms with Gasteiger partial charge in [0.2, 0.25) is 5.82 Å². The standard InChI is InChI=1S/C13H13N7OS2/c1-21-11-10(19-23-20-11)16-8-4-2-3-7(5-8)9-6-22-13(17-9)18-12(14)15/h2-6H,1H3,(H,16,19)(H4,14,15,17,18). The maximum absolute atomic E-state index is 7.23. The quantitative estimate of drug-likeness (QED) is 0.413. The predicted molar refractivity (Wildman–Crippen MR) is 92.8 cm³/mol. The van der Waals surface area contributed by atoms with Crippen molar-refractivity contribution in [3.63, 3.8) is 0 Å². The minimum absolute atomic E-state index is 0.135. The highest BCUT2D eigenvalue weighted by molar-refractivity contribution is 7.14. The number of hydrogen-bond donors (Lipinski definition) is 4. The molecule has 0 saturated heterocycles. The van der Waals surface area contributed by atoms with Gasteiger partial charge in [0, 0.05) is 16.6 Å². The van der Waals surface area contributed by atoms with E-state index in [1.165, 1.54) is 11.3 Å². The first-order valence-electron chi connectivity index (χ1n) is 6.46. The van der Waals surface area contributed by atoms with Crippen molar-refractivity contribution in [2.75, 3.05) is 17.7 Å². The molecule has 2 heterocycles. The van der Waals surface area contributed by atoms with E-state index in [1.807, 2.05) is 29.6 Å². The zero-order valence-electron chi connectivity index (χ0n) is 12.0. The van der Waals surface area contributed by atoms with Crippen molar-refractivity contribution in [2.45, 2.75) is 0 Å². The molecule has 1 aromatic carbocycles. The number of aromatic nitrogens is 3. The molecule has 0 unspecified atom stereocenters. The first-order chi connectivity index (χ1) is 11.2. The number of nitrogens with zero attached hydrogens (tertiary/aromatic N) is 3. The molecular weight excluding hydrogens is 334 g/mol. The fraction of sp³-hybridized carbons (Fsp3) is 0.0769. The second-order valence-corrected chi connectivity index (χ2v) is 5.79. The van der Waals surface area contributed by atoms with Crippen molar-refractivity contribution in [1.29, 1.82) is 5.41 Å². The lowest BCUT2D eigenvalue weighted by Gasteiger charge is -2.06. The van der Waals surface area contributed by atoms with E-state index in [2.05, 4.69) is 24.4 Å². The summed E-state index contributed by atoms with van der Waals surface area (Å²) in [6.07, 6.45) is 0. The lowest BCUT2D eigenvalue weighted by molar-refractivity contribution is 0.404. The number of anilines is 3. The number of methoxy groups -OCH3 is 1. The summed E-state index contributed by atoms with van der Waals surface area (Å²) in [6.45, 7) is 0. The number of hydrogen-bond acceptors (Lipinski definition) is 8. The molecule has 8 nitrogen and oxygen atoms in total. The van der Waals surface area contributed by atoms with Crippen LogP contribution in [-0.4, -0.2) is 26.8 Å². The zero-order valence-corrected chi connectivity index (χ0v) is 13.7. The minimum Gasteiger partial charge on any atom is -0.478 e. The molecule has 0 saturated carbocycles. The summed E-state index contributed by atoms with van der Waals surface area (Å²) in [5.41, 5.74) is 7.89. The van der Waals surface area contributed by atoms with Crippen LogP contribution in [0.4, 0.5) is 16.6 Å². The molecule has 0 spiro atoms. The van der Waals surface area contributed by atoms with Gasteiger partial charge in [0.25, 0.3) is 5.88 Å². The highest BCUT2D eigenvalue weighted by atomic mass is 32.1. The third-order valence-electron chi connectivity index (χ3n) is 2.82. The van der Waals surface area contributed by atoms with Crippen LogP contribution >= 0.6 is 23.1 Å². The van der Waals surface area contributed by atoms with Crippen molar-refractivity contribution in [3.05, 3.63) is 29.6 Å². The monoisotopic (exact) mass is 347 g/mol. The Kier molecular flexibility index (Phi) is 4.35. The summed E-state index contributed by atoms with van der Waals surface area (Å²) >= 11 is 2.47. The maximum Gasteiger partial charge on any atom is 0.270 e. The maximum atomic E-state index is 7.23. The lowest BCUT2D eigenvalue weighted by atomic mass is 10.1. The summed E-state index contributed by atoms with van der Waals surface area (Å²) in [5, 5.41) is 15.6. The molecule has 118 valence electrons. The molecule has 0 amide bonds. The molecule has 3 aromatic rings. The van der Waals surface area contributed by atoms with Gasteiger partial charge < -0.3 is 21.1 Å². The average molecular weight is 347 g/mol. The van der Waals surface area contributed by atoms with E-state index in [9.17, 15) is 0 Å². The third kappa shape index (κ3) is 3.55. The van der Waals surface area contributed by atoms with Gasteiger partial charge in [0.15, 0.2) is 11.1 Å². The van der Waals surface area contributed by atoms with E-state index in [0.29, 0.717) is 16.8 Å². The molecular formula is C13H13N7OS2. The van der Waals surface area contributed by atoms with E-state index >= 15 is 0 Å². The Hall–Kier alpha value is -2.72. The van der Waals surface area contributed by atoms with Gasteiger partial charge >= 0.3 is 0 Å². The largest absolute Gasteiger partial charge is 0.478 e. The zero-order chi connectivity index (χ0) is 16.2. The van der Waals surface area contributed by atoms with Crippen molar-refractivity contribution in [2.24, 2.45) is 5.73 Å². The minimum atomic E-state index is -0.135. The van der Waals surface area contributed by atoms with E-state index in [0.717, 1.165) is 28.7 Å². The van der Waals surface area contributed by atoms with Crippen LogP contribution < -0.4 is 21.1 Å². The van der Waals surface area contributed by atoms with Crippen LogP contribution in [0.15, 0.2) is 29.6 Å². The Balaban J connectivity index is 1.82. The number of ether oxygens (including phenoxy) is 1. The summed E-state index contributed by atoms with van der Waals surface area (Å²) in [7, 11) is 1.55. The molecule has 23 heavy (non-hydrogen) atoms. The summed E-state index contributed by atoms with van der Waals surface area (Å²) in [6, 6.07) is 7.74. The van der Waals surface area contributed by atoms with Gasteiger partial charge in [-0.25, -0.2) is 4.98 Å². The van der Waals surface area contributed by atoms with Crippen LogP contribution in [0, 0.1) is 5.41 Å². The second kappa shape index (κ2) is 6.58. The number of guanidine groups is 1. The molecule has 2 aromatic heterocycles. The lowest BCUT2D eigenvalue weighted by Crippen LogP contribution is -2.20. The van der Waals surface area contributed by atoms with Gasteiger partial charge in [-0.1, -0.05) is 12.1 Å². The van der Waals surface area contributed by atoms with Crippen LogP contribution in [0.5, 0.6) is 5.88 Å². The Labute approximate surface area is 140 Å². The third-order valence-corrected chi connectivity index (χ3v) is 4.09. The number of nitrogens with two attached hydrogens (primary N) is 1. The van der Waals surface area contributed by atoms with Crippen molar-refractivity contribution >= 4 is 45.7 Å². The van der Waals surface area contributed by atoms with Crippen molar-refractivity contribution in [3.8, 4) is 17.1 Å². The van der Waals surface area contributed by atoms with E-state index in [-0.39, 0.29) is 5.96 Å². The number of benzene rings is 1. The molecule has 0 fully saturated rings. The van der Waals surface area contributed by atoms with E-state index in [1.54, 1.807) is 7.11 Å². The highest BCUT2D eigenvalue weighted by Crippen LogP contribution is 2.29. The molecule has 0 atom stereocenters.